The van der Waals surface area contributed by atoms with E-state index in [9.17, 15) is 22.8 Å². The Bertz CT molecular complexity index is 740. The SMILES string of the molecule is O=C1C=C2CC(NC(=O)c3ccccc3C(F)(F)F)CCC2N=N1. The monoisotopic (exact) mass is 337 g/mol. The first-order chi connectivity index (χ1) is 11.3. The molecule has 1 aromatic carbocycles. The second-order valence-electron chi connectivity index (χ2n) is 5.78. The molecule has 126 valence electrons. The Morgan fingerprint density at radius 3 is 2.71 bits per heavy atom. The number of nitrogens with one attached hydrogen (secondary N) is 1. The third-order valence-corrected chi connectivity index (χ3v) is 4.12. The van der Waals surface area contributed by atoms with Crippen LogP contribution in [0.15, 0.2) is 46.1 Å². The number of rotatable bonds is 2. The van der Waals surface area contributed by atoms with Gasteiger partial charge in [-0.1, -0.05) is 12.1 Å². The van der Waals surface area contributed by atoms with E-state index in [1.54, 1.807) is 0 Å². The average molecular weight is 337 g/mol. The normalized spacial score (nSPS) is 23.5. The Labute approximate surface area is 135 Å². The predicted molar refractivity (Wildman–Crippen MR) is 78.3 cm³/mol. The summed E-state index contributed by atoms with van der Waals surface area (Å²) in [5.74, 6) is -1.22. The van der Waals surface area contributed by atoms with Crippen molar-refractivity contribution in [2.75, 3.05) is 0 Å². The van der Waals surface area contributed by atoms with Crippen LogP contribution in [0.1, 0.15) is 35.2 Å². The van der Waals surface area contributed by atoms with Gasteiger partial charge in [-0.15, -0.1) is 5.11 Å². The van der Waals surface area contributed by atoms with E-state index in [4.69, 9.17) is 0 Å². The molecular weight excluding hydrogens is 323 g/mol. The maximum Gasteiger partial charge on any atom is 0.417 e. The van der Waals surface area contributed by atoms with Crippen LogP contribution >= 0.6 is 0 Å². The second-order valence-corrected chi connectivity index (χ2v) is 5.78. The lowest BCUT2D eigenvalue weighted by Gasteiger charge is -2.30. The minimum absolute atomic E-state index is 0.168. The molecule has 5 nitrogen and oxygen atoms in total. The van der Waals surface area contributed by atoms with Crippen molar-refractivity contribution in [1.82, 2.24) is 5.32 Å². The van der Waals surface area contributed by atoms with Gasteiger partial charge in [0.25, 0.3) is 11.8 Å². The molecule has 0 bridgehead atoms. The molecule has 2 aliphatic rings. The number of azo groups is 1. The molecule has 1 fully saturated rings. The number of carbonyl (C=O) groups is 2. The quantitative estimate of drug-likeness (QED) is 0.900. The van der Waals surface area contributed by atoms with Crippen molar-refractivity contribution in [2.45, 2.75) is 37.5 Å². The van der Waals surface area contributed by atoms with Crippen molar-refractivity contribution in [3.63, 3.8) is 0 Å². The van der Waals surface area contributed by atoms with Crippen LogP contribution in [0.3, 0.4) is 0 Å². The third-order valence-electron chi connectivity index (χ3n) is 4.12. The standard InChI is InChI=1S/C16H14F3N3O2/c17-16(18,19)12-4-2-1-3-11(12)15(24)20-10-5-6-13-9(7-10)8-14(23)22-21-13/h1-4,8,10,13H,5-7H2,(H,20,24). The lowest BCUT2D eigenvalue weighted by atomic mass is 9.86. The number of nitrogens with zero attached hydrogens (tertiary/aromatic N) is 2. The molecule has 0 spiro atoms. The molecule has 1 aromatic rings. The molecule has 1 aliphatic carbocycles. The molecule has 1 aliphatic heterocycles. The third kappa shape index (κ3) is 3.37. The molecule has 8 heteroatoms. The fourth-order valence-corrected chi connectivity index (χ4v) is 2.98. The number of carbonyl (C=O) groups excluding carboxylic acids is 2. The van der Waals surface area contributed by atoms with Crippen molar-refractivity contribution >= 4 is 11.8 Å². The van der Waals surface area contributed by atoms with E-state index in [1.807, 2.05) is 0 Å². The van der Waals surface area contributed by atoms with E-state index in [2.05, 4.69) is 15.5 Å². The Hall–Kier alpha value is -2.51. The van der Waals surface area contributed by atoms with Crippen LogP contribution in [0.5, 0.6) is 0 Å². The van der Waals surface area contributed by atoms with E-state index in [0.717, 1.165) is 17.7 Å². The number of benzene rings is 1. The van der Waals surface area contributed by atoms with Crippen LogP contribution in [0, 0.1) is 0 Å². The van der Waals surface area contributed by atoms with E-state index in [-0.39, 0.29) is 12.1 Å². The van der Waals surface area contributed by atoms with Gasteiger partial charge in [0, 0.05) is 12.1 Å². The summed E-state index contributed by atoms with van der Waals surface area (Å²) in [5, 5.41) is 10.0. The zero-order valence-corrected chi connectivity index (χ0v) is 12.5. The van der Waals surface area contributed by atoms with Gasteiger partial charge in [-0.2, -0.15) is 18.3 Å². The molecular formula is C16H14F3N3O2. The number of amides is 2. The van der Waals surface area contributed by atoms with Gasteiger partial charge >= 0.3 is 6.18 Å². The average Bonchev–Trinajstić information content (AvgIpc) is 2.53. The topological polar surface area (TPSA) is 70.9 Å². The molecule has 2 unspecified atom stereocenters. The van der Waals surface area contributed by atoms with Crippen LogP contribution in [-0.2, 0) is 11.0 Å². The van der Waals surface area contributed by atoms with Gasteiger partial charge in [0.05, 0.1) is 17.2 Å². The first-order valence-electron chi connectivity index (χ1n) is 7.47. The van der Waals surface area contributed by atoms with Gasteiger partial charge in [-0.05, 0) is 37.0 Å². The molecule has 1 N–H and O–H groups in total. The van der Waals surface area contributed by atoms with Gasteiger partial charge in [0.1, 0.15) is 0 Å². The Kier molecular flexibility index (Phi) is 4.21. The van der Waals surface area contributed by atoms with Crippen LogP contribution in [0.25, 0.3) is 0 Å². The number of fused-ring (bicyclic) bond motifs is 1. The molecule has 2 atom stereocenters. The number of halogens is 3. The van der Waals surface area contributed by atoms with Crippen LogP contribution in [0.4, 0.5) is 13.2 Å². The Morgan fingerprint density at radius 2 is 1.96 bits per heavy atom. The lowest BCUT2D eigenvalue weighted by Crippen LogP contribution is -2.40. The summed E-state index contributed by atoms with van der Waals surface area (Å²) in [6.07, 6.45) is -1.66. The van der Waals surface area contributed by atoms with Gasteiger partial charge in [0.2, 0.25) is 0 Å². The molecule has 0 radical (unpaired) electrons. The zero-order valence-electron chi connectivity index (χ0n) is 12.5. The smallest absolute Gasteiger partial charge is 0.349 e. The first-order valence-corrected chi connectivity index (χ1v) is 7.47. The van der Waals surface area contributed by atoms with Gasteiger partial charge in [-0.25, -0.2) is 0 Å². The van der Waals surface area contributed by atoms with Gasteiger partial charge < -0.3 is 5.32 Å². The molecule has 1 heterocycles. The first kappa shape index (κ1) is 16.4. The second kappa shape index (κ2) is 6.18. The fourth-order valence-electron chi connectivity index (χ4n) is 2.98. The zero-order chi connectivity index (χ0) is 17.3. The van der Waals surface area contributed by atoms with Crippen molar-refractivity contribution in [3.05, 3.63) is 47.0 Å². The van der Waals surface area contributed by atoms with Crippen molar-refractivity contribution in [2.24, 2.45) is 10.2 Å². The Balaban J connectivity index is 1.74. The highest BCUT2D eigenvalue weighted by Crippen LogP contribution is 2.33. The van der Waals surface area contributed by atoms with E-state index >= 15 is 0 Å². The summed E-state index contributed by atoms with van der Waals surface area (Å²) in [4.78, 5) is 23.5. The van der Waals surface area contributed by atoms with Gasteiger partial charge in [0.15, 0.2) is 0 Å². The van der Waals surface area contributed by atoms with Crippen molar-refractivity contribution in [1.29, 1.82) is 0 Å². The summed E-state index contributed by atoms with van der Waals surface area (Å²) in [6.45, 7) is 0. The number of alkyl halides is 3. The minimum atomic E-state index is -4.59. The highest BCUT2D eigenvalue weighted by molar-refractivity contribution is 5.96. The molecule has 0 aromatic heterocycles. The number of hydrogen-bond acceptors (Lipinski definition) is 3. The molecule has 0 saturated heterocycles. The van der Waals surface area contributed by atoms with Gasteiger partial charge in [-0.3, -0.25) is 9.59 Å². The van der Waals surface area contributed by atoms with Crippen LogP contribution in [0.2, 0.25) is 0 Å². The van der Waals surface area contributed by atoms with Crippen molar-refractivity contribution < 1.29 is 22.8 Å². The Morgan fingerprint density at radius 1 is 1.21 bits per heavy atom. The summed E-state index contributed by atoms with van der Waals surface area (Å²) < 4.78 is 39.0. The highest BCUT2D eigenvalue weighted by atomic mass is 19.4. The van der Waals surface area contributed by atoms with E-state index in [0.29, 0.717) is 19.3 Å². The predicted octanol–water partition coefficient (Wildman–Crippen LogP) is 3.28. The summed E-state index contributed by atoms with van der Waals surface area (Å²) >= 11 is 0. The largest absolute Gasteiger partial charge is 0.417 e. The van der Waals surface area contributed by atoms with E-state index < -0.39 is 29.1 Å². The van der Waals surface area contributed by atoms with Crippen LogP contribution < -0.4 is 5.32 Å². The molecule has 1 saturated carbocycles. The maximum atomic E-state index is 13.0. The fraction of sp³-hybridized carbons (Fsp3) is 0.375. The molecule has 3 rings (SSSR count). The summed E-state index contributed by atoms with van der Waals surface area (Å²) in [6, 6.07) is 4.18. The van der Waals surface area contributed by atoms with E-state index in [1.165, 1.54) is 18.2 Å². The summed E-state index contributed by atoms with van der Waals surface area (Å²) in [7, 11) is 0. The maximum absolute atomic E-state index is 13.0. The molecule has 2 amide bonds. The van der Waals surface area contributed by atoms with Crippen LogP contribution in [-0.4, -0.2) is 23.9 Å². The summed E-state index contributed by atoms with van der Waals surface area (Å²) in [5.41, 5.74) is -0.604. The highest BCUT2D eigenvalue weighted by Gasteiger charge is 2.36. The lowest BCUT2D eigenvalue weighted by molar-refractivity contribution is -0.138. The van der Waals surface area contributed by atoms with Crippen molar-refractivity contribution in [3.8, 4) is 0 Å². The minimum Gasteiger partial charge on any atom is -0.349 e. The molecule has 24 heavy (non-hydrogen) atoms. The number of hydrogen-bond donors (Lipinski definition) is 1.